The van der Waals surface area contributed by atoms with Crippen molar-refractivity contribution in [2.75, 3.05) is 16.8 Å². The zero-order valence-corrected chi connectivity index (χ0v) is 23.0. The van der Waals surface area contributed by atoms with E-state index in [0.717, 1.165) is 0 Å². The number of benzene rings is 3. The molecule has 0 aliphatic rings. The number of carbonyl (C=O) groups is 3. The molecule has 1 N–H and O–H groups in total. The van der Waals surface area contributed by atoms with Crippen molar-refractivity contribution >= 4 is 52.3 Å². The Kier molecular flexibility index (Phi) is 9.07. The third-order valence-corrected chi connectivity index (χ3v) is 6.59. The number of halogens is 2. The van der Waals surface area contributed by atoms with Gasteiger partial charge >= 0.3 is 0 Å². The standard InChI is InChI=1S/C30H27Cl2N3O4/c1-3-35(29(37)21-10-13-24(14-11-21)33-20(2)36)28-15-12-23(31)17-22(28)18-34(19-25-7-6-16-39-25)30(38)26-8-4-5-9-27(26)32/h4-17H,3,18-19H2,1-2H3,(H,33,36). The average molecular weight is 564 g/mol. The monoisotopic (exact) mass is 563 g/mol. The van der Waals surface area contributed by atoms with E-state index in [1.165, 1.54) is 6.92 Å². The quantitative estimate of drug-likeness (QED) is 0.236. The lowest BCUT2D eigenvalue weighted by molar-refractivity contribution is -0.114. The Bertz CT molecular complexity index is 1470. The van der Waals surface area contributed by atoms with Crippen molar-refractivity contribution in [3.63, 3.8) is 0 Å². The summed E-state index contributed by atoms with van der Waals surface area (Å²) in [5.41, 5.74) is 2.71. The van der Waals surface area contributed by atoms with E-state index in [-0.39, 0.29) is 30.8 Å². The smallest absolute Gasteiger partial charge is 0.258 e. The number of anilines is 2. The molecule has 4 aromatic rings. The molecule has 3 amide bonds. The molecule has 0 aliphatic carbocycles. The third-order valence-electron chi connectivity index (χ3n) is 6.03. The lowest BCUT2D eigenvalue weighted by Crippen LogP contribution is -2.34. The number of nitrogens with one attached hydrogen (secondary N) is 1. The van der Waals surface area contributed by atoms with E-state index in [1.54, 1.807) is 94.9 Å². The SMILES string of the molecule is CCN(C(=O)c1ccc(NC(C)=O)cc1)c1ccc(Cl)cc1CN(Cc1ccco1)C(=O)c1ccccc1Cl. The lowest BCUT2D eigenvalue weighted by atomic mass is 10.1. The minimum absolute atomic E-state index is 0.145. The maximum absolute atomic E-state index is 13.7. The normalized spacial score (nSPS) is 10.7. The van der Waals surface area contributed by atoms with E-state index in [0.29, 0.717) is 50.4 Å². The predicted molar refractivity (Wildman–Crippen MR) is 153 cm³/mol. The first-order valence-corrected chi connectivity index (χ1v) is 13.1. The molecule has 0 radical (unpaired) electrons. The molecule has 3 aromatic carbocycles. The fourth-order valence-electron chi connectivity index (χ4n) is 4.22. The summed E-state index contributed by atoms with van der Waals surface area (Å²) in [6.07, 6.45) is 1.55. The van der Waals surface area contributed by atoms with Gasteiger partial charge in [0, 0.05) is 42.0 Å². The van der Waals surface area contributed by atoms with Crippen molar-refractivity contribution in [3.8, 4) is 0 Å². The van der Waals surface area contributed by atoms with Crippen LogP contribution in [0.25, 0.3) is 0 Å². The van der Waals surface area contributed by atoms with Crippen molar-refractivity contribution in [2.24, 2.45) is 0 Å². The van der Waals surface area contributed by atoms with Gasteiger partial charge in [-0.1, -0.05) is 35.3 Å². The maximum atomic E-state index is 13.7. The Labute approximate surface area is 236 Å². The fourth-order valence-corrected chi connectivity index (χ4v) is 4.63. The van der Waals surface area contributed by atoms with Crippen molar-refractivity contribution in [2.45, 2.75) is 26.9 Å². The van der Waals surface area contributed by atoms with Crippen LogP contribution in [0.2, 0.25) is 10.0 Å². The highest BCUT2D eigenvalue weighted by molar-refractivity contribution is 6.33. The summed E-state index contributed by atoms with van der Waals surface area (Å²) < 4.78 is 5.53. The second-order valence-corrected chi connectivity index (χ2v) is 9.65. The Morgan fingerprint density at radius 3 is 2.26 bits per heavy atom. The summed E-state index contributed by atoms with van der Waals surface area (Å²) in [7, 11) is 0. The van der Waals surface area contributed by atoms with Gasteiger partial charge in [-0.15, -0.1) is 0 Å². The highest BCUT2D eigenvalue weighted by atomic mass is 35.5. The Hall–Kier alpha value is -4.07. The summed E-state index contributed by atoms with van der Waals surface area (Å²) in [6.45, 7) is 4.00. The molecular formula is C30H27Cl2N3O4. The molecule has 200 valence electrons. The molecular weight excluding hydrogens is 537 g/mol. The molecule has 0 saturated heterocycles. The molecule has 0 atom stereocenters. The summed E-state index contributed by atoms with van der Waals surface area (Å²) in [5.74, 6) is -0.113. The molecule has 39 heavy (non-hydrogen) atoms. The second kappa shape index (κ2) is 12.7. The number of nitrogens with zero attached hydrogens (tertiary/aromatic N) is 2. The topological polar surface area (TPSA) is 82.9 Å². The van der Waals surface area contributed by atoms with Gasteiger partial charge in [0.05, 0.1) is 23.4 Å². The predicted octanol–water partition coefficient (Wildman–Crippen LogP) is 7.05. The van der Waals surface area contributed by atoms with Crippen molar-refractivity contribution in [3.05, 3.63) is 118 Å². The van der Waals surface area contributed by atoms with Gasteiger partial charge in [0.15, 0.2) is 0 Å². The van der Waals surface area contributed by atoms with Crippen LogP contribution in [-0.2, 0) is 17.9 Å². The van der Waals surface area contributed by atoms with Crippen LogP contribution in [-0.4, -0.2) is 29.2 Å². The van der Waals surface area contributed by atoms with Crippen LogP contribution >= 0.6 is 23.2 Å². The Balaban J connectivity index is 1.68. The summed E-state index contributed by atoms with van der Waals surface area (Å²) in [6, 6.07) is 22.3. The first-order chi connectivity index (χ1) is 18.8. The van der Waals surface area contributed by atoms with Crippen LogP contribution in [0.1, 0.15) is 45.9 Å². The minimum atomic E-state index is -0.286. The largest absolute Gasteiger partial charge is 0.467 e. The molecule has 9 heteroatoms. The molecule has 1 heterocycles. The van der Waals surface area contributed by atoms with Crippen LogP contribution < -0.4 is 10.2 Å². The number of rotatable bonds is 9. The van der Waals surface area contributed by atoms with Crippen molar-refractivity contribution in [1.29, 1.82) is 0 Å². The molecule has 0 fully saturated rings. The summed E-state index contributed by atoms with van der Waals surface area (Å²) >= 11 is 12.7. The first kappa shape index (κ1) is 28.0. The number of furan rings is 1. The van der Waals surface area contributed by atoms with Crippen LogP contribution in [0.5, 0.6) is 0 Å². The Morgan fingerprint density at radius 2 is 1.62 bits per heavy atom. The molecule has 4 rings (SSSR count). The van der Waals surface area contributed by atoms with Gasteiger partial charge in [-0.2, -0.15) is 0 Å². The van der Waals surface area contributed by atoms with E-state index >= 15 is 0 Å². The second-order valence-electron chi connectivity index (χ2n) is 8.80. The zero-order valence-electron chi connectivity index (χ0n) is 21.5. The van der Waals surface area contributed by atoms with E-state index in [4.69, 9.17) is 27.6 Å². The van der Waals surface area contributed by atoms with Gasteiger partial charge in [0.2, 0.25) is 5.91 Å². The number of hydrogen-bond acceptors (Lipinski definition) is 4. The Morgan fingerprint density at radius 1 is 0.872 bits per heavy atom. The van der Waals surface area contributed by atoms with Gasteiger partial charge in [0.25, 0.3) is 11.8 Å². The number of carbonyl (C=O) groups excluding carboxylic acids is 3. The zero-order chi connectivity index (χ0) is 27.9. The average Bonchev–Trinajstić information content (AvgIpc) is 3.43. The molecule has 0 unspecified atom stereocenters. The molecule has 0 spiro atoms. The van der Waals surface area contributed by atoms with Crippen molar-refractivity contribution in [1.82, 2.24) is 4.90 Å². The molecule has 7 nitrogen and oxygen atoms in total. The molecule has 0 saturated carbocycles. The van der Waals surface area contributed by atoms with Gasteiger partial charge in [-0.25, -0.2) is 0 Å². The highest BCUT2D eigenvalue weighted by Gasteiger charge is 2.24. The molecule has 1 aromatic heterocycles. The van der Waals surface area contributed by atoms with Crippen molar-refractivity contribution < 1.29 is 18.8 Å². The number of amides is 3. The van der Waals surface area contributed by atoms with Crippen LogP contribution in [0, 0.1) is 0 Å². The highest BCUT2D eigenvalue weighted by Crippen LogP contribution is 2.29. The summed E-state index contributed by atoms with van der Waals surface area (Å²) in [4.78, 5) is 41.8. The van der Waals surface area contributed by atoms with E-state index in [9.17, 15) is 14.4 Å². The maximum Gasteiger partial charge on any atom is 0.258 e. The fraction of sp³-hybridized carbons (Fsp3) is 0.167. The van der Waals surface area contributed by atoms with Gasteiger partial charge < -0.3 is 19.5 Å². The van der Waals surface area contributed by atoms with E-state index in [1.807, 2.05) is 6.92 Å². The molecule has 0 aliphatic heterocycles. The third kappa shape index (κ3) is 6.88. The van der Waals surface area contributed by atoms with E-state index in [2.05, 4.69) is 5.32 Å². The molecule has 0 bridgehead atoms. The van der Waals surface area contributed by atoms with Gasteiger partial charge in [-0.3, -0.25) is 14.4 Å². The van der Waals surface area contributed by atoms with Crippen LogP contribution in [0.4, 0.5) is 11.4 Å². The van der Waals surface area contributed by atoms with Gasteiger partial charge in [0.1, 0.15) is 5.76 Å². The van der Waals surface area contributed by atoms with E-state index < -0.39 is 0 Å². The van der Waals surface area contributed by atoms with Crippen LogP contribution in [0.3, 0.4) is 0 Å². The number of hydrogen-bond donors (Lipinski definition) is 1. The van der Waals surface area contributed by atoms with Crippen LogP contribution in [0.15, 0.2) is 89.5 Å². The lowest BCUT2D eigenvalue weighted by Gasteiger charge is -2.28. The first-order valence-electron chi connectivity index (χ1n) is 12.3. The van der Waals surface area contributed by atoms with Gasteiger partial charge in [-0.05, 0) is 79.2 Å². The minimum Gasteiger partial charge on any atom is -0.467 e. The summed E-state index contributed by atoms with van der Waals surface area (Å²) in [5, 5.41) is 3.51.